The first kappa shape index (κ1) is 17.0. The third kappa shape index (κ3) is 5.38. The van der Waals surface area contributed by atoms with E-state index in [1.54, 1.807) is 24.3 Å². The number of carbonyl (C=O) groups is 2. The van der Waals surface area contributed by atoms with Crippen LogP contribution in [0.1, 0.15) is 23.6 Å². The van der Waals surface area contributed by atoms with Gasteiger partial charge < -0.3 is 15.2 Å². The van der Waals surface area contributed by atoms with Gasteiger partial charge in [0.15, 0.2) is 0 Å². The van der Waals surface area contributed by atoms with Crippen LogP contribution in [0.2, 0.25) is 5.02 Å². The van der Waals surface area contributed by atoms with E-state index in [1.165, 1.54) is 24.3 Å². The highest BCUT2D eigenvalue weighted by Crippen LogP contribution is 2.18. The Balaban J connectivity index is 2.07. The van der Waals surface area contributed by atoms with E-state index in [0.29, 0.717) is 10.6 Å². The molecule has 2 aromatic carbocycles. The van der Waals surface area contributed by atoms with Crippen LogP contribution in [0.3, 0.4) is 0 Å². The number of benzene rings is 2. The van der Waals surface area contributed by atoms with Gasteiger partial charge in [-0.3, -0.25) is 4.79 Å². The molecule has 4 nitrogen and oxygen atoms in total. The van der Waals surface area contributed by atoms with Crippen molar-refractivity contribution in [2.75, 3.05) is 0 Å². The van der Waals surface area contributed by atoms with Gasteiger partial charge in [0.05, 0.1) is 12.5 Å². The van der Waals surface area contributed by atoms with Crippen molar-refractivity contribution in [1.29, 1.82) is 0 Å². The molecule has 6 heteroatoms. The van der Waals surface area contributed by atoms with Crippen molar-refractivity contribution >= 4 is 23.5 Å². The molecule has 0 saturated heterocycles. The van der Waals surface area contributed by atoms with Gasteiger partial charge in [0.1, 0.15) is 5.82 Å². The van der Waals surface area contributed by atoms with E-state index in [4.69, 9.17) is 11.6 Å². The van der Waals surface area contributed by atoms with Crippen LogP contribution in [0.25, 0.3) is 0 Å². The first-order valence-electron chi connectivity index (χ1n) is 6.93. The van der Waals surface area contributed by atoms with E-state index < -0.39 is 24.2 Å². The minimum Gasteiger partial charge on any atom is -0.550 e. The van der Waals surface area contributed by atoms with E-state index in [-0.39, 0.29) is 12.3 Å². The van der Waals surface area contributed by atoms with Crippen LogP contribution in [0, 0.1) is 5.82 Å². The molecule has 1 atom stereocenters. The highest BCUT2D eigenvalue weighted by atomic mass is 35.5. The average Bonchev–Trinajstić information content (AvgIpc) is 2.49. The second-order valence-corrected chi connectivity index (χ2v) is 5.49. The zero-order valence-electron chi connectivity index (χ0n) is 12.1. The van der Waals surface area contributed by atoms with Gasteiger partial charge in [-0.15, -0.1) is 0 Å². The average molecular weight is 335 g/mol. The Labute approximate surface area is 137 Å². The van der Waals surface area contributed by atoms with Gasteiger partial charge in [0.25, 0.3) is 0 Å². The molecule has 1 N–H and O–H groups in total. The van der Waals surface area contributed by atoms with E-state index in [0.717, 1.165) is 5.56 Å². The number of amides is 1. The summed E-state index contributed by atoms with van der Waals surface area (Å²) in [5.41, 5.74) is 1.25. The van der Waals surface area contributed by atoms with Gasteiger partial charge in [-0.25, -0.2) is 4.39 Å². The molecule has 2 rings (SSSR count). The van der Waals surface area contributed by atoms with Gasteiger partial charge in [-0.1, -0.05) is 35.9 Å². The van der Waals surface area contributed by atoms with Crippen molar-refractivity contribution in [1.82, 2.24) is 5.32 Å². The maximum atomic E-state index is 13.0. The second-order valence-electron chi connectivity index (χ2n) is 5.05. The number of halogens is 2. The number of hydrogen-bond donors (Lipinski definition) is 1. The third-order valence-electron chi connectivity index (χ3n) is 3.26. The fourth-order valence-corrected chi connectivity index (χ4v) is 2.27. The molecular weight excluding hydrogens is 321 g/mol. The van der Waals surface area contributed by atoms with E-state index >= 15 is 0 Å². The lowest BCUT2D eigenvalue weighted by Gasteiger charge is -2.20. The lowest BCUT2D eigenvalue weighted by atomic mass is 10.0. The van der Waals surface area contributed by atoms with Gasteiger partial charge in [0, 0.05) is 17.4 Å². The Bertz CT molecular complexity index is 686. The summed E-state index contributed by atoms with van der Waals surface area (Å²) in [4.78, 5) is 23.0. The first-order chi connectivity index (χ1) is 10.9. The molecule has 0 unspecified atom stereocenters. The van der Waals surface area contributed by atoms with Gasteiger partial charge in [-0.2, -0.15) is 0 Å². The topological polar surface area (TPSA) is 69.2 Å². The van der Waals surface area contributed by atoms with Crippen LogP contribution in [0.4, 0.5) is 4.39 Å². The van der Waals surface area contributed by atoms with Crippen molar-refractivity contribution in [2.24, 2.45) is 0 Å². The lowest BCUT2D eigenvalue weighted by molar-refractivity contribution is -0.306. The Morgan fingerprint density at radius 1 is 1.09 bits per heavy atom. The molecule has 2 aromatic rings. The summed E-state index contributed by atoms with van der Waals surface area (Å²) in [7, 11) is 0. The van der Waals surface area contributed by atoms with Gasteiger partial charge >= 0.3 is 0 Å². The van der Waals surface area contributed by atoms with Crippen molar-refractivity contribution in [3.63, 3.8) is 0 Å². The van der Waals surface area contributed by atoms with E-state index in [9.17, 15) is 19.1 Å². The lowest BCUT2D eigenvalue weighted by Crippen LogP contribution is -2.35. The summed E-state index contributed by atoms with van der Waals surface area (Å²) in [5.74, 6) is -2.08. The van der Waals surface area contributed by atoms with Crippen LogP contribution >= 0.6 is 11.6 Å². The standard InChI is InChI=1S/C17H15ClFNO3/c18-13-5-1-11(2-6-13)9-16(21)20-15(10-17(22)23)12-3-7-14(19)8-4-12/h1-8,15H,9-10H2,(H,20,21)(H,22,23)/p-1/t15-/m0/s1. The molecule has 0 saturated carbocycles. The zero-order valence-corrected chi connectivity index (χ0v) is 12.8. The molecule has 0 spiro atoms. The minimum atomic E-state index is -1.30. The van der Waals surface area contributed by atoms with Crippen LogP contribution < -0.4 is 10.4 Å². The molecule has 0 aliphatic carbocycles. The van der Waals surface area contributed by atoms with Gasteiger partial charge in [-0.05, 0) is 35.4 Å². The molecule has 1 amide bonds. The summed E-state index contributed by atoms with van der Waals surface area (Å²) >= 11 is 5.78. The normalized spacial score (nSPS) is 11.7. The van der Waals surface area contributed by atoms with Crippen molar-refractivity contribution in [3.8, 4) is 0 Å². The summed E-state index contributed by atoms with van der Waals surface area (Å²) < 4.78 is 13.0. The molecular formula is C17H14ClFNO3-. The Kier molecular flexibility index (Phi) is 5.71. The highest BCUT2D eigenvalue weighted by Gasteiger charge is 2.15. The summed E-state index contributed by atoms with van der Waals surface area (Å²) in [6, 6.07) is 11.3. The SMILES string of the molecule is O=C([O-])C[C@H](NC(=O)Cc1ccc(Cl)cc1)c1ccc(F)cc1. The number of rotatable bonds is 6. The first-order valence-corrected chi connectivity index (χ1v) is 7.31. The number of carbonyl (C=O) groups excluding carboxylic acids is 2. The van der Waals surface area contributed by atoms with E-state index in [2.05, 4.69) is 5.32 Å². The monoisotopic (exact) mass is 334 g/mol. The van der Waals surface area contributed by atoms with Crippen LogP contribution in [0.5, 0.6) is 0 Å². The molecule has 120 valence electrons. The molecule has 0 bridgehead atoms. The minimum absolute atomic E-state index is 0.0852. The molecule has 23 heavy (non-hydrogen) atoms. The smallest absolute Gasteiger partial charge is 0.224 e. The molecule has 0 heterocycles. The number of carboxylic acids is 1. The fourth-order valence-electron chi connectivity index (χ4n) is 2.15. The molecule has 0 aliphatic rings. The van der Waals surface area contributed by atoms with Crippen LogP contribution in [-0.4, -0.2) is 11.9 Å². The summed E-state index contributed by atoms with van der Waals surface area (Å²) in [5, 5.41) is 14.1. The molecule has 0 radical (unpaired) electrons. The Morgan fingerprint density at radius 2 is 1.70 bits per heavy atom. The Hall–Kier alpha value is -2.40. The quantitative estimate of drug-likeness (QED) is 0.878. The number of nitrogens with one attached hydrogen (secondary N) is 1. The number of carboxylic acid groups (broad SMARTS) is 1. The van der Waals surface area contributed by atoms with Crippen LogP contribution in [-0.2, 0) is 16.0 Å². The fraction of sp³-hybridized carbons (Fsp3) is 0.176. The maximum Gasteiger partial charge on any atom is 0.224 e. The van der Waals surface area contributed by atoms with Crippen molar-refractivity contribution in [2.45, 2.75) is 18.9 Å². The van der Waals surface area contributed by atoms with E-state index in [1.807, 2.05) is 0 Å². The molecule has 0 aromatic heterocycles. The molecule has 0 aliphatic heterocycles. The zero-order chi connectivity index (χ0) is 16.8. The predicted molar refractivity (Wildman–Crippen MR) is 82.1 cm³/mol. The second kappa shape index (κ2) is 7.74. The summed E-state index contributed by atoms with van der Waals surface area (Å²) in [6.45, 7) is 0. The maximum absolute atomic E-state index is 13.0. The van der Waals surface area contributed by atoms with Gasteiger partial charge in [0.2, 0.25) is 5.91 Å². The number of hydrogen-bond acceptors (Lipinski definition) is 3. The number of aliphatic carboxylic acids is 1. The Morgan fingerprint density at radius 3 is 2.26 bits per heavy atom. The van der Waals surface area contributed by atoms with Crippen LogP contribution in [0.15, 0.2) is 48.5 Å². The largest absolute Gasteiger partial charge is 0.550 e. The third-order valence-corrected chi connectivity index (χ3v) is 3.51. The van der Waals surface area contributed by atoms with Crippen molar-refractivity contribution in [3.05, 3.63) is 70.5 Å². The highest BCUT2D eigenvalue weighted by molar-refractivity contribution is 6.30. The summed E-state index contributed by atoms with van der Waals surface area (Å²) in [6.07, 6.45) is -0.306. The predicted octanol–water partition coefficient (Wildman–Crippen LogP) is 2.02. The molecule has 0 fully saturated rings. The van der Waals surface area contributed by atoms with Crippen molar-refractivity contribution < 1.29 is 19.1 Å².